The summed E-state index contributed by atoms with van der Waals surface area (Å²) >= 11 is 0. The average molecular weight is 340 g/mol. The van der Waals surface area contributed by atoms with E-state index in [9.17, 15) is 9.90 Å². The number of carbonyl (C=O) groups excluding carboxylic acids is 1. The van der Waals surface area contributed by atoms with Crippen LogP contribution in [0.4, 0.5) is 0 Å². The third kappa shape index (κ3) is 4.48. The van der Waals surface area contributed by atoms with E-state index in [2.05, 4.69) is 6.58 Å². The van der Waals surface area contributed by atoms with Crippen LogP contribution in [0.15, 0.2) is 54.6 Å². The first-order valence-corrected chi connectivity index (χ1v) is 8.17. The first-order chi connectivity index (χ1) is 11.8. The maximum Gasteiger partial charge on any atom is 0.341 e. The van der Waals surface area contributed by atoms with Gasteiger partial charge >= 0.3 is 5.97 Å². The summed E-state index contributed by atoms with van der Waals surface area (Å²) in [4.78, 5) is 12.4. The van der Waals surface area contributed by atoms with Crippen LogP contribution in [0.3, 0.4) is 0 Å². The number of ether oxygens (including phenoxy) is 2. The van der Waals surface area contributed by atoms with Crippen molar-refractivity contribution >= 4 is 5.97 Å². The number of aliphatic hydroxyl groups excluding tert-OH is 1. The number of rotatable bonds is 6. The van der Waals surface area contributed by atoms with E-state index in [0.717, 1.165) is 11.1 Å². The summed E-state index contributed by atoms with van der Waals surface area (Å²) in [6.45, 7) is 9.71. The summed E-state index contributed by atoms with van der Waals surface area (Å²) in [5.41, 5.74) is 2.47. The van der Waals surface area contributed by atoms with Crippen molar-refractivity contribution in [3.63, 3.8) is 0 Å². The van der Waals surface area contributed by atoms with Crippen LogP contribution in [-0.2, 0) is 4.79 Å². The Morgan fingerprint density at radius 3 is 2.32 bits per heavy atom. The Morgan fingerprint density at radius 2 is 1.76 bits per heavy atom. The van der Waals surface area contributed by atoms with Crippen molar-refractivity contribution in [1.29, 1.82) is 0 Å². The number of benzene rings is 2. The smallest absolute Gasteiger partial charge is 0.341 e. The number of aryl methyl sites for hydroxylation is 1. The highest BCUT2D eigenvalue weighted by molar-refractivity contribution is 5.91. The van der Waals surface area contributed by atoms with Crippen LogP contribution in [0.25, 0.3) is 0 Å². The molecule has 4 nitrogen and oxygen atoms in total. The summed E-state index contributed by atoms with van der Waals surface area (Å²) in [7, 11) is 1.57. The minimum Gasteiger partial charge on any atom is -0.497 e. The molecule has 0 saturated heterocycles. The van der Waals surface area contributed by atoms with Crippen molar-refractivity contribution in [3.05, 3.63) is 71.3 Å². The minimum atomic E-state index is -1.13. The van der Waals surface area contributed by atoms with Crippen LogP contribution in [0.2, 0.25) is 0 Å². The van der Waals surface area contributed by atoms with Gasteiger partial charge in [0.2, 0.25) is 0 Å². The molecule has 0 saturated carbocycles. The molecule has 1 unspecified atom stereocenters. The van der Waals surface area contributed by atoms with Gasteiger partial charge in [0.25, 0.3) is 0 Å². The Hall–Kier alpha value is -2.59. The zero-order valence-corrected chi connectivity index (χ0v) is 15.1. The average Bonchev–Trinajstić information content (AvgIpc) is 2.60. The Labute approximate surface area is 148 Å². The number of hydrogen-bond acceptors (Lipinski definition) is 4. The maximum absolute atomic E-state index is 12.4. The second-order valence-corrected chi connectivity index (χ2v) is 6.29. The monoisotopic (exact) mass is 340 g/mol. The highest BCUT2D eigenvalue weighted by Gasteiger charge is 2.22. The molecule has 0 aromatic heterocycles. The molecule has 0 amide bonds. The van der Waals surface area contributed by atoms with E-state index in [1.165, 1.54) is 0 Å². The minimum absolute atomic E-state index is 0.0126. The molecule has 0 spiro atoms. The Bertz CT molecular complexity index is 760. The van der Waals surface area contributed by atoms with E-state index in [0.29, 0.717) is 17.1 Å². The van der Waals surface area contributed by atoms with Gasteiger partial charge in [-0.3, -0.25) is 0 Å². The van der Waals surface area contributed by atoms with Crippen LogP contribution >= 0.6 is 0 Å². The molecule has 25 heavy (non-hydrogen) atoms. The lowest BCUT2D eigenvalue weighted by molar-refractivity contribution is -0.131. The zero-order chi connectivity index (χ0) is 18.6. The molecule has 132 valence electrons. The van der Waals surface area contributed by atoms with E-state index in [4.69, 9.17) is 9.47 Å². The predicted molar refractivity (Wildman–Crippen MR) is 98.0 cm³/mol. The van der Waals surface area contributed by atoms with Crippen molar-refractivity contribution in [2.24, 2.45) is 0 Å². The molecular formula is C21H24O4. The SMILES string of the molecule is C=C(C(=O)Oc1cc(C)ccc1C(C)C)C(O)c1ccc(OC)cc1. The molecule has 0 fully saturated rings. The molecule has 0 aliphatic carbocycles. The van der Waals surface area contributed by atoms with Gasteiger partial charge in [-0.15, -0.1) is 0 Å². The normalized spacial score (nSPS) is 11.9. The lowest BCUT2D eigenvalue weighted by Gasteiger charge is -2.17. The number of hydrogen-bond donors (Lipinski definition) is 1. The molecule has 0 bridgehead atoms. The Kier molecular flexibility index (Phi) is 5.99. The third-order valence-corrected chi connectivity index (χ3v) is 4.02. The van der Waals surface area contributed by atoms with Crippen LogP contribution in [0.1, 0.15) is 42.6 Å². The molecular weight excluding hydrogens is 316 g/mol. The van der Waals surface area contributed by atoms with Gasteiger partial charge in [0, 0.05) is 0 Å². The maximum atomic E-state index is 12.4. The van der Waals surface area contributed by atoms with Crippen LogP contribution in [0, 0.1) is 6.92 Å². The Morgan fingerprint density at radius 1 is 1.12 bits per heavy atom. The quantitative estimate of drug-likeness (QED) is 0.483. The summed E-state index contributed by atoms with van der Waals surface area (Å²) in [5.74, 6) is 0.743. The topological polar surface area (TPSA) is 55.8 Å². The highest BCUT2D eigenvalue weighted by atomic mass is 16.5. The van der Waals surface area contributed by atoms with Gasteiger partial charge in [0.15, 0.2) is 0 Å². The first kappa shape index (κ1) is 18.7. The van der Waals surface area contributed by atoms with Crippen LogP contribution in [0.5, 0.6) is 11.5 Å². The lowest BCUT2D eigenvalue weighted by Crippen LogP contribution is -2.17. The molecule has 0 heterocycles. The Balaban J connectivity index is 2.17. The fraction of sp³-hybridized carbons (Fsp3) is 0.286. The van der Waals surface area contributed by atoms with Gasteiger partial charge in [-0.2, -0.15) is 0 Å². The second kappa shape index (κ2) is 7.99. The van der Waals surface area contributed by atoms with Crippen LogP contribution in [-0.4, -0.2) is 18.2 Å². The number of methoxy groups -OCH3 is 1. The van der Waals surface area contributed by atoms with E-state index in [-0.39, 0.29) is 11.5 Å². The third-order valence-electron chi connectivity index (χ3n) is 4.02. The van der Waals surface area contributed by atoms with Crippen molar-refractivity contribution < 1.29 is 19.4 Å². The van der Waals surface area contributed by atoms with Crippen molar-refractivity contribution in [2.45, 2.75) is 32.8 Å². The molecule has 0 aliphatic rings. The van der Waals surface area contributed by atoms with Crippen LogP contribution < -0.4 is 9.47 Å². The van der Waals surface area contributed by atoms with E-state index in [1.807, 2.05) is 39.0 Å². The summed E-state index contributed by atoms with van der Waals surface area (Å²) in [5, 5.41) is 10.4. The van der Waals surface area contributed by atoms with E-state index < -0.39 is 12.1 Å². The first-order valence-electron chi connectivity index (χ1n) is 8.17. The van der Waals surface area contributed by atoms with Gasteiger partial charge in [0.05, 0.1) is 12.7 Å². The molecule has 1 atom stereocenters. The highest BCUT2D eigenvalue weighted by Crippen LogP contribution is 2.30. The van der Waals surface area contributed by atoms with E-state index in [1.54, 1.807) is 31.4 Å². The van der Waals surface area contributed by atoms with Crippen molar-refractivity contribution in [1.82, 2.24) is 0 Å². The molecule has 1 N–H and O–H groups in total. The second-order valence-electron chi connectivity index (χ2n) is 6.29. The molecule has 4 heteroatoms. The van der Waals surface area contributed by atoms with Crippen molar-refractivity contribution in [3.8, 4) is 11.5 Å². The fourth-order valence-electron chi connectivity index (χ4n) is 2.47. The van der Waals surface area contributed by atoms with Gasteiger partial charge in [-0.25, -0.2) is 4.79 Å². The standard InChI is InChI=1S/C21H24O4/c1-13(2)18-11-6-14(3)12-19(18)25-21(23)15(4)20(22)16-7-9-17(24-5)10-8-16/h6-13,20,22H,4H2,1-3,5H3. The van der Waals surface area contributed by atoms with Gasteiger partial charge in [0.1, 0.15) is 17.6 Å². The number of esters is 1. The van der Waals surface area contributed by atoms with Gasteiger partial charge in [-0.05, 0) is 47.7 Å². The fourth-order valence-corrected chi connectivity index (χ4v) is 2.47. The lowest BCUT2D eigenvalue weighted by atomic mass is 10.00. The van der Waals surface area contributed by atoms with E-state index >= 15 is 0 Å². The molecule has 2 aromatic carbocycles. The number of aliphatic hydroxyl groups is 1. The number of carbonyl (C=O) groups is 1. The molecule has 2 rings (SSSR count). The molecule has 0 aliphatic heterocycles. The zero-order valence-electron chi connectivity index (χ0n) is 15.1. The largest absolute Gasteiger partial charge is 0.497 e. The summed E-state index contributed by atoms with van der Waals surface area (Å²) in [6, 6.07) is 12.6. The summed E-state index contributed by atoms with van der Waals surface area (Å²) < 4.78 is 10.6. The van der Waals surface area contributed by atoms with Crippen molar-refractivity contribution in [2.75, 3.05) is 7.11 Å². The summed E-state index contributed by atoms with van der Waals surface area (Å²) in [6.07, 6.45) is -1.13. The van der Waals surface area contributed by atoms with Gasteiger partial charge in [-0.1, -0.05) is 44.7 Å². The van der Waals surface area contributed by atoms with Gasteiger partial charge < -0.3 is 14.6 Å². The predicted octanol–water partition coefficient (Wildman–Crippen LogP) is 4.32. The molecule has 0 radical (unpaired) electrons. The molecule has 2 aromatic rings.